The van der Waals surface area contributed by atoms with Crippen LogP contribution in [-0.2, 0) is 6.54 Å². The zero-order chi connectivity index (χ0) is 9.10. The maximum absolute atomic E-state index is 3.49. The van der Waals surface area contributed by atoms with E-state index in [1.807, 2.05) is 0 Å². The first-order valence-electron chi connectivity index (χ1n) is 5.11. The van der Waals surface area contributed by atoms with Crippen molar-refractivity contribution in [2.24, 2.45) is 11.8 Å². The Morgan fingerprint density at radius 2 is 2.00 bits per heavy atom. The number of hydrogen-bond donors (Lipinski definition) is 1. The molecule has 0 heterocycles. The summed E-state index contributed by atoms with van der Waals surface area (Å²) in [5.41, 5.74) is 1.39. The highest BCUT2D eigenvalue weighted by atomic mass is 14.9. The summed E-state index contributed by atoms with van der Waals surface area (Å²) in [5, 5.41) is 3.49. The van der Waals surface area contributed by atoms with Crippen LogP contribution in [0.4, 0.5) is 0 Å². The van der Waals surface area contributed by atoms with Gasteiger partial charge in [0.15, 0.2) is 0 Å². The quantitative estimate of drug-likeness (QED) is 0.741. The Morgan fingerprint density at radius 3 is 2.62 bits per heavy atom. The van der Waals surface area contributed by atoms with Crippen molar-refractivity contribution in [3.63, 3.8) is 0 Å². The molecular weight excluding hydrogens is 158 g/mol. The predicted molar refractivity (Wildman–Crippen MR) is 55.4 cm³/mol. The van der Waals surface area contributed by atoms with E-state index in [2.05, 4.69) is 42.6 Å². The zero-order valence-corrected chi connectivity index (χ0v) is 8.16. The normalized spacial score (nSPS) is 25.9. The van der Waals surface area contributed by atoms with Crippen LogP contribution in [0.1, 0.15) is 18.9 Å². The van der Waals surface area contributed by atoms with Crippen LogP contribution < -0.4 is 5.32 Å². The van der Waals surface area contributed by atoms with Gasteiger partial charge >= 0.3 is 0 Å². The average molecular weight is 175 g/mol. The van der Waals surface area contributed by atoms with Crippen molar-refractivity contribution in [3.05, 3.63) is 35.9 Å². The Kier molecular flexibility index (Phi) is 2.65. The summed E-state index contributed by atoms with van der Waals surface area (Å²) in [4.78, 5) is 0. The summed E-state index contributed by atoms with van der Waals surface area (Å²) in [7, 11) is 0. The first-order chi connectivity index (χ1) is 6.36. The van der Waals surface area contributed by atoms with Gasteiger partial charge in [-0.3, -0.25) is 0 Å². The summed E-state index contributed by atoms with van der Waals surface area (Å²) in [6.45, 7) is 4.54. The third-order valence-electron chi connectivity index (χ3n) is 2.85. The SMILES string of the molecule is C[C@@H]1CC1CNCc1ccccc1. The second kappa shape index (κ2) is 3.93. The Bertz CT molecular complexity index is 255. The molecule has 0 saturated heterocycles. The zero-order valence-electron chi connectivity index (χ0n) is 8.16. The maximum Gasteiger partial charge on any atom is 0.0205 e. The van der Waals surface area contributed by atoms with Gasteiger partial charge in [-0.1, -0.05) is 37.3 Å². The standard InChI is InChI=1S/C12H17N/c1-10-7-12(10)9-13-8-11-5-3-2-4-6-11/h2-6,10,12-13H,7-9H2,1H3/t10-,12?/m1/s1. The molecular formula is C12H17N. The van der Waals surface area contributed by atoms with E-state index in [-0.39, 0.29) is 0 Å². The van der Waals surface area contributed by atoms with Gasteiger partial charge in [-0.25, -0.2) is 0 Å². The number of rotatable bonds is 4. The Balaban J connectivity index is 1.68. The molecule has 2 atom stereocenters. The van der Waals surface area contributed by atoms with Crippen LogP contribution in [0.2, 0.25) is 0 Å². The van der Waals surface area contributed by atoms with Gasteiger partial charge in [0.25, 0.3) is 0 Å². The maximum atomic E-state index is 3.49. The van der Waals surface area contributed by atoms with Gasteiger partial charge in [-0.05, 0) is 30.4 Å². The van der Waals surface area contributed by atoms with E-state index in [9.17, 15) is 0 Å². The van der Waals surface area contributed by atoms with E-state index in [0.717, 1.165) is 18.4 Å². The third-order valence-corrected chi connectivity index (χ3v) is 2.85. The van der Waals surface area contributed by atoms with E-state index in [1.54, 1.807) is 0 Å². The summed E-state index contributed by atoms with van der Waals surface area (Å²) in [6.07, 6.45) is 1.42. The molecule has 1 unspecified atom stereocenters. The van der Waals surface area contributed by atoms with Crippen LogP contribution in [0, 0.1) is 11.8 Å². The monoisotopic (exact) mass is 175 g/mol. The second-order valence-electron chi connectivity index (χ2n) is 4.09. The first kappa shape index (κ1) is 8.76. The summed E-state index contributed by atoms with van der Waals surface area (Å²) < 4.78 is 0. The minimum atomic E-state index is 0.948. The van der Waals surface area contributed by atoms with Crippen molar-refractivity contribution in [1.29, 1.82) is 0 Å². The fourth-order valence-corrected chi connectivity index (χ4v) is 1.68. The average Bonchev–Trinajstić information content (AvgIpc) is 2.84. The van der Waals surface area contributed by atoms with Gasteiger partial charge in [0.05, 0.1) is 0 Å². The van der Waals surface area contributed by atoms with E-state index in [1.165, 1.54) is 18.5 Å². The Hall–Kier alpha value is -0.820. The summed E-state index contributed by atoms with van der Waals surface area (Å²) >= 11 is 0. The molecule has 1 heteroatoms. The van der Waals surface area contributed by atoms with Gasteiger partial charge in [0.2, 0.25) is 0 Å². The number of benzene rings is 1. The Labute approximate surface area is 80.2 Å². The molecule has 1 aromatic carbocycles. The highest BCUT2D eigenvalue weighted by Gasteiger charge is 2.31. The van der Waals surface area contributed by atoms with Crippen molar-refractivity contribution < 1.29 is 0 Å². The minimum Gasteiger partial charge on any atom is -0.312 e. The van der Waals surface area contributed by atoms with Crippen molar-refractivity contribution in [2.75, 3.05) is 6.54 Å². The minimum absolute atomic E-state index is 0.948. The Morgan fingerprint density at radius 1 is 1.31 bits per heavy atom. The largest absolute Gasteiger partial charge is 0.312 e. The van der Waals surface area contributed by atoms with Crippen LogP contribution in [0.25, 0.3) is 0 Å². The van der Waals surface area contributed by atoms with Crippen molar-refractivity contribution in [3.8, 4) is 0 Å². The van der Waals surface area contributed by atoms with Crippen molar-refractivity contribution in [1.82, 2.24) is 5.32 Å². The molecule has 70 valence electrons. The van der Waals surface area contributed by atoms with Crippen molar-refractivity contribution >= 4 is 0 Å². The van der Waals surface area contributed by atoms with Gasteiger partial charge in [0, 0.05) is 6.54 Å². The molecule has 1 nitrogen and oxygen atoms in total. The van der Waals surface area contributed by atoms with Crippen LogP contribution in [0.15, 0.2) is 30.3 Å². The summed E-state index contributed by atoms with van der Waals surface area (Å²) in [6, 6.07) is 10.6. The van der Waals surface area contributed by atoms with Gasteiger partial charge in [-0.2, -0.15) is 0 Å². The smallest absolute Gasteiger partial charge is 0.0205 e. The fourth-order valence-electron chi connectivity index (χ4n) is 1.68. The molecule has 0 bridgehead atoms. The second-order valence-corrected chi connectivity index (χ2v) is 4.09. The molecule has 0 amide bonds. The van der Waals surface area contributed by atoms with Crippen molar-refractivity contribution in [2.45, 2.75) is 19.9 Å². The number of hydrogen-bond acceptors (Lipinski definition) is 1. The fraction of sp³-hybridized carbons (Fsp3) is 0.500. The summed E-state index contributed by atoms with van der Waals surface area (Å²) in [5.74, 6) is 1.91. The predicted octanol–water partition coefficient (Wildman–Crippen LogP) is 2.43. The molecule has 13 heavy (non-hydrogen) atoms. The molecule has 2 rings (SSSR count). The van der Waals surface area contributed by atoms with E-state index < -0.39 is 0 Å². The lowest BCUT2D eigenvalue weighted by Gasteiger charge is -2.03. The molecule has 1 aromatic rings. The lowest BCUT2D eigenvalue weighted by molar-refractivity contribution is 0.612. The van der Waals surface area contributed by atoms with Crippen LogP contribution >= 0.6 is 0 Å². The van der Waals surface area contributed by atoms with Crippen LogP contribution in [-0.4, -0.2) is 6.54 Å². The van der Waals surface area contributed by atoms with E-state index in [0.29, 0.717) is 0 Å². The van der Waals surface area contributed by atoms with Crippen LogP contribution in [0.5, 0.6) is 0 Å². The van der Waals surface area contributed by atoms with Gasteiger partial charge in [-0.15, -0.1) is 0 Å². The lowest BCUT2D eigenvalue weighted by Crippen LogP contribution is -2.16. The van der Waals surface area contributed by atoms with E-state index >= 15 is 0 Å². The van der Waals surface area contributed by atoms with Gasteiger partial charge < -0.3 is 5.32 Å². The highest BCUT2D eigenvalue weighted by molar-refractivity contribution is 5.14. The van der Waals surface area contributed by atoms with E-state index in [4.69, 9.17) is 0 Å². The molecule has 0 aromatic heterocycles. The topological polar surface area (TPSA) is 12.0 Å². The molecule has 1 saturated carbocycles. The van der Waals surface area contributed by atoms with Crippen LogP contribution in [0.3, 0.4) is 0 Å². The first-order valence-corrected chi connectivity index (χ1v) is 5.11. The number of nitrogens with one attached hydrogen (secondary N) is 1. The molecule has 0 radical (unpaired) electrons. The molecule has 1 aliphatic carbocycles. The highest BCUT2D eigenvalue weighted by Crippen LogP contribution is 2.36. The van der Waals surface area contributed by atoms with Gasteiger partial charge in [0.1, 0.15) is 0 Å². The molecule has 0 aliphatic heterocycles. The third kappa shape index (κ3) is 2.56. The molecule has 1 N–H and O–H groups in total. The molecule has 0 spiro atoms. The molecule has 1 aliphatic rings. The lowest BCUT2D eigenvalue weighted by atomic mass is 10.2. The molecule has 1 fully saturated rings.